The second-order valence-electron chi connectivity index (χ2n) is 5.30. The third kappa shape index (κ3) is 4.22. The van der Waals surface area contributed by atoms with Crippen LogP contribution in [0.1, 0.15) is 40.0 Å². The lowest BCUT2D eigenvalue weighted by atomic mass is 10.0. The molecular weight excluding hydrogens is 222 g/mol. The van der Waals surface area contributed by atoms with Gasteiger partial charge in [0.25, 0.3) is 0 Å². The van der Waals surface area contributed by atoms with Crippen LogP contribution in [0.25, 0.3) is 0 Å². The molecular formula is C11H21N3O3. The predicted octanol–water partition coefficient (Wildman–Crippen LogP) is 0.670. The topological polar surface area (TPSA) is 93.4 Å². The summed E-state index contributed by atoms with van der Waals surface area (Å²) in [5.41, 5.74) is 1.59. The van der Waals surface area contributed by atoms with Crippen molar-refractivity contribution in [3.8, 4) is 0 Å². The van der Waals surface area contributed by atoms with Crippen LogP contribution < -0.4 is 16.6 Å². The molecule has 1 aliphatic carbocycles. The number of hydrazine groups is 1. The summed E-state index contributed by atoms with van der Waals surface area (Å²) in [6.45, 7) is 5.39. The molecule has 98 valence electrons. The van der Waals surface area contributed by atoms with Crippen LogP contribution in [-0.2, 0) is 9.53 Å². The van der Waals surface area contributed by atoms with Crippen molar-refractivity contribution >= 4 is 12.0 Å². The molecule has 0 aromatic heterocycles. The van der Waals surface area contributed by atoms with Crippen LogP contribution in [0.4, 0.5) is 4.79 Å². The number of alkyl carbamates (subject to hydrolysis) is 1. The highest BCUT2D eigenvalue weighted by Crippen LogP contribution is 2.26. The number of hydrogen-bond donors (Lipinski definition) is 3. The molecule has 2 atom stereocenters. The Morgan fingerprint density at radius 2 is 1.94 bits per heavy atom. The number of hydrogen-bond acceptors (Lipinski definition) is 4. The Morgan fingerprint density at radius 1 is 1.29 bits per heavy atom. The Morgan fingerprint density at radius 3 is 2.47 bits per heavy atom. The maximum absolute atomic E-state index is 11.6. The van der Waals surface area contributed by atoms with Gasteiger partial charge in [0, 0.05) is 6.04 Å². The molecule has 0 aromatic carbocycles. The predicted molar refractivity (Wildman–Crippen MR) is 62.8 cm³/mol. The fourth-order valence-electron chi connectivity index (χ4n) is 2.01. The zero-order valence-electron chi connectivity index (χ0n) is 10.6. The fourth-order valence-corrected chi connectivity index (χ4v) is 2.01. The highest BCUT2D eigenvalue weighted by atomic mass is 16.6. The van der Waals surface area contributed by atoms with E-state index in [2.05, 4.69) is 10.7 Å². The first-order chi connectivity index (χ1) is 7.83. The van der Waals surface area contributed by atoms with E-state index in [4.69, 9.17) is 10.6 Å². The zero-order valence-corrected chi connectivity index (χ0v) is 10.6. The largest absolute Gasteiger partial charge is 0.444 e. The zero-order chi connectivity index (χ0) is 13.1. The Kier molecular flexibility index (Phi) is 4.34. The number of carbonyl (C=O) groups excluding carboxylic acids is 2. The highest BCUT2D eigenvalue weighted by Gasteiger charge is 2.34. The molecule has 1 saturated carbocycles. The minimum atomic E-state index is -0.533. The summed E-state index contributed by atoms with van der Waals surface area (Å²) in [5.74, 6) is 4.61. The maximum Gasteiger partial charge on any atom is 0.407 e. The number of rotatable bonds is 2. The van der Waals surface area contributed by atoms with Crippen molar-refractivity contribution in [2.45, 2.75) is 51.7 Å². The number of carbonyl (C=O) groups is 2. The van der Waals surface area contributed by atoms with Gasteiger partial charge in [-0.2, -0.15) is 0 Å². The first-order valence-electron chi connectivity index (χ1n) is 5.83. The Hall–Kier alpha value is -1.30. The SMILES string of the molecule is CC(C)(C)OC(=O)N[C@H]1CCC[C@H]1C(=O)NN. The van der Waals surface area contributed by atoms with Crippen molar-refractivity contribution in [3.05, 3.63) is 0 Å². The highest BCUT2D eigenvalue weighted by molar-refractivity contribution is 5.80. The van der Waals surface area contributed by atoms with E-state index in [1.54, 1.807) is 20.8 Å². The normalized spacial score (nSPS) is 24.2. The van der Waals surface area contributed by atoms with Gasteiger partial charge in [0.1, 0.15) is 5.60 Å². The van der Waals surface area contributed by atoms with Crippen molar-refractivity contribution in [1.29, 1.82) is 0 Å². The van der Waals surface area contributed by atoms with Crippen LogP contribution in [0.5, 0.6) is 0 Å². The van der Waals surface area contributed by atoms with E-state index in [0.717, 1.165) is 19.3 Å². The van der Waals surface area contributed by atoms with Crippen molar-refractivity contribution in [3.63, 3.8) is 0 Å². The fraction of sp³-hybridized carbons (Fsp3) is 0.818. The third-order valence-electron chi connectivity index (χ3n) is 2.70. The molecule has 6 heteroatoms. The molecule has 0 unspecified atom stereocenters. The molecule has 2 amide bonds. The van der Waals surface area contributed by atoms with Crippen LogP contribution >= 0.6 is 0 Å². The van der Waals surface area contributed by atoms with E-state index >= 15 is 0 Å². The van der Waals surface area contributed by atoms with Crippen LogP contribution in [0.2, 0.25) is 0 Å². The van der Waals surface area contributed by atoms with Crippen molar-refractivity contribution in [1.82, 2.24) is 10.7 Å². The van der Waals surface area contributed by atoms with Gasteiger partial charge in [-0.25, -0.2) is 10.6 Å². The first-order valence-corrected chi connectivity index (χ1v) is 5.83. The summed E-state index contributed by atoms with van der Waals surface area (Å²) in [7, 11) is 0. The summed E-state index contributed by atoms with van der Waals surface area (Å²) in [6, 6.07) is -0.187. The lowest BCUT2D eigenvalue weighted by Gasteiger charge is -2.24. The van der Waals surface area contributed by atoms with E-state index in [-0.39, 0.29) is 17.9 Å². The van der Waals surface area contributed by atoms with Crippen LogP contribution in [0.3, 0.4) is 0 Å². The monoisotopic (exact) mass is 243 g/mol. The van der Waals surface area contributed by atoms with Gasteiger partial charge in [0.2, 0.25) is 5.91 Å². The van der Waals surface area contributed by atoms with Crippen molar-refractivity contribution in [2.24, 2.45) is 11.8 Å². The second-order valence-corrected chi connectivity index (χ2v) is 5.30. The van der Waals surface area contributed by atoms with E-state index < -0.39 is 11.7 Å². The van der Waals surface area contributed by atoms with Crippen molar-refractivity contribution in [2.75, 3.05) is 0 Å². The summed E-state index contributed by atoms with van der Waals surface area (Å²) in [4.78, 5) is 23.0. The first kappa shape index (κ1) is 13.8. The smallest absolute Gasteiger partial charge is 0.407 e. The molecule has 0 aromatic rings. The lowest BCUT2D eigenvalue weighted by Crippen LogP contribution is -2.47. The van der Waals surface area contributed by atoms with Crippen molar-refractivity contribution < 1.29 is 14.3 Å². The lowest BCUT2D eigenvalue weighted by molar-refractivity contribution is -0.125. The molecule has 1 fully saturated rings. The third-order valence-corrected chi connectivity index (χ3v) is 2.70. The molecule has 17 heavy (non-hydrogen) atoms. The molecule has 0 aliphatic heterocycles. The Labute approximate surface area is 101 Å². The average molecular weight is 243 g/mol. The van der Waals surface area contributed by atoms with Gasteiger partial charge < -0.3 is 10.1 Å². The van der Waals surface area contributed by atoms with E-state index in [1.807, 2.05) is 0 Å². The Balaban J connectivity index is 2.50. The molecule has 0 bridgehead atoms. The van der Waals surface area contributed by atoms with Crippen LogP contribution in [0.15, 0.2) is 0 Å². The van der Waals surface area contributed by atoms with Gasteiger partial charge in [0.05, 0.1) is 5.92 Å². The number of amides is 2. The summed E-state index contributed by atoms with van der Waals surface area (Å²) in [5, 5.41) is 2.72. The summed E-state index contributed by atoms with van der Waals surface area (Å²) >= 11 is 0. The van der Waals surface area contributed by atoms with Gasteiger partial charge in [-0.3, -0.25) is 10.2 Å². The number of nitrogens with two attached hydrogens (primary N) is 1. The molecule has 0 spiro atoms. The van der Waals surface area contributed by atoms with Gasteiger partial charge in [-0.05, 0) is 33.6 Å². The minimum absolute atomic E-state index is 0.187. The minimum Gasteiger partial charge on any atom is -0.444 e. The number of ether oxygens (including phenoxy) is 1. The number of nitrogens with one attached hydrogen (secondary N) is 2. The van der Waals surface area contributed by atoms with Gasteiger partial charge >= 0.3 is 6.09 Å². The molecule has 0 radical (unpaired) electrons. The molecule has 1 aliphatic rings. The van der Waals surface area contributed by atoms with E-state index in [1.165, 1.54) is 0 Å². The molecule has 6 nitrogen and oxygen atoms in total. The molecule has 0 saturated heterocycles. The van der Waals surface area contributed by atoms with Gasteiger partial charge in [-0.15, -0.1) is 0 Å². The van der Waals surface area contributed by atoms with E-state index in [9.17, 15) is 9.59 Å². The summed E-state index contributed by atoms with van der Waals surface area (Å²) in [6.07, 6.45) is 1.93. The quantitative estimate of drug-likeness (QED) is 0.377. The molecule has 1 rings (SSSR count). The van der Waals surface area contributed by atoms with E-state index in [0.29, 0.717) is 0 Å². The Bertz CT molecular complexity index is 299. The summed E-state index contributed by atoms with van der Waals surface area (Å²) < 4.78 is 5.15. The van der Waals surface area contributed by atoms with Gasteiger partial charge in [0.15, 0.2) is 0 Å². The molecule has 0 heterocycles. The van der Waals surface area contributed by atoms with Gasteiger partial charge in [-0.1, -0.05) is 6.42 Å². The maximum atomic E-state index is 11.6. The second kappa shape index (κ2) is 5.35. The van der Waals surface area contributed by atoms with Crippen LogP contribution in [-0.4, -0.2) is 23.6 Å². The molecule has 4 N–H and O–H groups in total. The van der Waals surface area contributed by atoms with Crippen LogP contribution in [0, 0.1) is 5.92 Å². The standard InChI is InChI=1S/C11H21N3O3/c1-11(2,3)17-10(16)13-8-6-4-5-7(8)9(15)14-12/h7-8H,4-6,12H2,1-3H3,(H,13,16)(H,14,15)/t7-,8+/m1/s1. The average Bonchev–Trinajstić information content (AvgIpc) is 2.61.